The summed E-state index contributed by atoms with van der Waals surface area (Å²) < 4.78 is 33.0. The molecule has 3 rings (SSSR count). The molecule has 1 N–H and O–H groups in total. The van der Waals surface area contributed by atoms with Crippen molar-refractivity contribution in [2.24, 2.45) is 7.05 Å². The molecule has 0 aliphatic carbocycles. The van der Waals surface area contributed by atoms with E-state index in [4.69, 9.17) is 4.52 Å². The number of aryl methyl sites for hydroxylation is 3. The fraction of sp³-hybridized carbons (Fsp3) is 0.524. The van der Waals surface area contributed by atoms with Crippen LogP contribution in [0.3, 0.4) is 0 Å². The average molecular weight is 463 g/mol. The van der Waals surface area contributed by atoms with Gasteiger partial charge in [-0.15, -0.1) is 0 Å². The zero-order valence-electron chi connectivity index (χ0n) is 19.1. The number of carbonyl (C=O) groups is 1. The zero-order chi connectivity index (χ0) is 23.5. The van der Waals surface area contributed by atoms with Gasteiger partial charge in [-0.05, 0) is 24.6 Å². The van der Waals surface area contributed by atoms with Crippen LogP contribution in [0.15, 0.2) is 27.6 Å². The standard InChI is InChI=1S/C21H30N6O4S/c1-14(2)21-24-20(31-25-21)7-6-12-22-19(28)11-10-18-23-16-13-15(32(29,30)26(3)4)8-9-17(16)27(18)5/h8-9,13-14H,6-7,10-12H2,1-5H3,(H,22,28). The first-order valence-corrected chi connectivity index (χ1v) is 12.0. The third-order valence-corrected chi connectivity index (χ3v) is 7.00. The van der Waals surface area contributed by atoms with Gasteiger partial charge in [-0.1, -0.05) is 19.0 Å². The van der Waals surface area contributed by atoms with Crippen molar-refractivity contribution in [2.45, 2.75) is 50.3 Å². The minimum atomic E-state index is -3.53. The van der Waals surface area contributed by atoms with Crippen LogP contribution in [-0.2, 0) is 34.7 Å². The summed E-state index contributed by atoms with van der Waals surface area (Å²) in [6, 6.07) is 4.88. The van der Waals surface area contributed by atoms with E-state index in [0.717, 1.165) is 11.3 Å². The molecule has 0 bridgehead atoms. The van der Waals surface area contributed by atoms with Crippen molar-refractivity contribution >= 4 is 27.0 Å². The van der Waals surface area contributed by atoms with Gasteiger partial charge in [0.05, 0.1) is 15.9 Å². The van der Waals surface area contributed by atoms with E-state index in [0.29, 0.717) is 43.0 Å². The fourth-order valence-corrected chi connectivity index (χ4v) is 4.13. The Morgan fingerprint density at radius 3 is 2.62 bits per heavy atom. The summed E-state index contributed by atoms with van der Waals surface area (Å²) in [7, 11) is 1.32. The number of hydrogen-bond donors (Lipinski definition) is 1. The van der Waals surface area contributed by atoms with E-state index in [1.807, 2.05) is 25.5 Å². The molecule has 0 radical (unpaired) electrons. The lowest BCUT2D eigenvalue weighted by Gasteiger charge is -2.10. The molecule has 10 nitrogen and oxygen atoms in total. The normalized spacial score (nSPS) is 12.2. The molecule has 174 valence electrons. The SMILES string of the molecule is CC(C)c1noc(CCCNC(=O)CCc2nc3cc(S(=O)(=O)N(C)C)ccc3n2C)n1. The quantitative estimate of drug-likeness (QED) is 0.457. The molecular weight excluding hydrogens is 432 g/mol. The predicted octanol–water partition coefficient (Wildman–Crippen LogP) is 2.01. The Morgan fingerprint density at radius 2 is 1.97 bits per heavy atom. The summed E-state index contributed by atoms with van der Waals surface area (Å²) in [4.78, 5) is 21.3. The fourth-order valence-electron chi connectivity index (χ4n) is 3.21. The van der Waals surface area contributed by atoms with Crippen molar-refractivity contribution < 1.29 is 17.7 Å². The Bertz CT molecular complexity index is 1200. The topological polar surface area (TPSA) is 123 Å². The lowest BCUT2D eigenvalue weighted by atomic mass is 10.2. The number of nitrogens with zero attached hydrogens (tertiary/aromatic N) is 5. The summed E-state index contributed by atoms with van der Waals surface area (Å²) in [5.74, 6) is 2.15. The molecule has 0 aliphatic rings. The van der Waals surface area contributed by atoms with Crippen LogP contribution >= 0.6 is 0 Å². The molecule has 0 aliphatic heterocycles. The van der Waals surface area contributed by atoms with Crippen LogP contribution in [0.2, 0.25) is 0 Å². The van der Waals surface area contributed by atoms with Crippen molar-refractivity contribution in [3.63, 3.8) is 0 Å². The van der Waals surface area contributed by atoms with E-state index in [1.54, 1.807) is 18.2 Å². The van der Waals surface area contributed by atoms with Crippen LogP contribution < -0.4 is 5.32 Å². The molecule has 1 amide bonds. The van der Waals surface area contributed by atoms with Gasteiger partial charge in [0.25, 0.3) is 0 Å². The van der Waals surface area contributed by atoms with E-state index in [1.165, 1.54) is 18.4 Å². The highest BCUT2D eigenvalue weighted by Gasteiger charge is 2.19. The number of benzene rings is 1. The summed E-state index contributed by atoms with van der Waals surface area (Å²) in [6.07, 6.45) is 2.07. The lowest BCUT2D eigenvalue weighted by molar-refractivity contribution is -0.121. The van der Waals surface area contributed by atoms with Crippen molar-refractivity contribution in [3.05, 3.63) is 35.7 Å². The molecule has 0 fully saturated rings. The van der Waals surface area contributed by atoms with E-state index in [-0.39, 0.29) is 23.1 Å². The van der Waals surface area contributed by atoms with Crippen molar-refractivity contribution in [1.29, 1.82) is 0 Å². The summed E-state index contributed by atoms with van der Waals surface area (Å²) >= 11 is 0. The molecule has 11 heteroatoms. The average Bonchev–Trinajstić information content (AvgIpc) is 3.34. The molecule has 3 aromatic rings. The van der Waals surface area contributed by atoms with Gasteiger partial charge in [0.15, 0.2) is 5.82 Å². The number of sulfonamides is 1. The highest BCUT2D eigenvalue weighted by atomic mass is 32.2. The molecule has 0 spiro atoms. The van der Waals surface area contributed by atoms with Gasteiger partial charge in [0.2, 0.25) is 21.8 Å². The van der Waals surface area contributed by atoms with Crippen LogP contribution in [0.5, 0.6) is 0 Å². The zero-order valence-corrected chi connectivity index (χ0v) is 19.9. The highest BCUT2D eigenvalue weighted by Crippen LogP contribution is 2.21. The molecule has 2 aromatic heterocycles. The monoisotopic (exact) mass is 462 g/mol. The van der Waals surface area contributed by atoms with E-state index >= 15 is 0 Å². The second kappa shape index (κ2) is 9.78. The van der Waals surface area contributed by atoms with E-state index in [2.05, 4.69) is 20.4 Å². The molecule has 1 aromatic carbocycles. The maximum atomic E-state index is 12.4. The largest absolute Gasteiger partial charge is 0.356 e. The van der Waals surface area contributed by atoms with Crippen LogP contribution in [0.1, 0.15) is 50.1 Å². The number of nitrogens with one attached hydrogen (secondary N) is 1. The van der Waals surface area contributed by atoms with E-state index < -0.39 is 10.0 Å². The molecule has 0 unspecified atom stereocenters. The Kier molecular flexibility index (Phi) is 7.29. The van der Waals surface area contributed by atoms with Crippen LogP contribution in [-0.4, -0.2) is 59.0 Å². The smallest absolute Gasteiger partial charge is 0.242 e. The highest BCUT2D eigenvalue weighted by molar-refractivity contribution is 7.89. The molecular formula is C21H30N6O4S. The molecule has 0 atom stereocenters. The van der Waals surface area contributed by atoms with Gasteiger partial charge >= 0.3 is 0 Å². The summed E-state index contributed by atoms with van der Waals surface area (Å²) in [5, 5.41) is 6.82. The first-order chi connectivity index (χ1) is 15.1. The van der Waals surface area contributed by atoms with Crippen LogP contribution in [0.25, 0.3) is 11.0 Å². The van der Waals surface area contributed by atoms with Crippen LogP contribution in [0.4, 0.5) is 0 Å². The number of amides is 1. The van der Waals surface area contributed by atoms with Gasteiger partial charge < -0.3 is 14.4 Å². The Labute approximate surface area is 188 Å². The molecule has 0 saturated heterocycles. The molecule has 2 heterocycles. The Hall–Kier alpha value is -2.79. The maximum absolute atomic E-state index is 12.4. The third kappa shape index (κ3) is 5.33. The number of imidazole rings is 1. The molecule has 32 heavy (non-hydrogen) atoms. The second-order valence-electron chi connectivity index (χ2n) is 8.18. The summed E-state index contributed by atoms with van der Waals surface area (Å²) in [5.41, 5.74) is 1.41. The number of aromatic nitrogens is 4. The maximum Gasteiger partial charge on any atom is 0.242 e. The lowest BCUT2D eigenvalue weighted by Crippen LogP contribution is -2.25. The van der Waals surface area contributed by atoms with Crippen LogP contribution in [0, 0.1) is 0 Å². The number of carbonyl (C=O) groups excluding carboxylic acids is 1. The van der Waals surface area contributed by atoms with Gasteiger partial charge in [-0.3, -0.25) is 4.79 Å². The minimum Gasteiger partial charge on any atom is -0.356 e. The van der Waals surface area contributed by atoms with Gasteiger partial charge in [0, 0.05) is 52.9 Å². The predicted molar refractivity (Wildman–Crippen MR) is 120 cm³/mol. The first-order valence-electron chi connectivity index (χ1n) is 10.6. The molecule has 0 saturated carbocycles. The Balaban J connectivity index is 1.52. The Morgan fingerprint density at radius 1 is 1.22 bits per heavy atom. The van der Waals surface area contributed by atoms with Crippen molar-refractivity contribution in [2.75, 3.05) is 20.6 Å². The van der Waals surface area contributed by atoms with Gasteiger partial charge in [-0.25, -0.2) is 17.7 Å². The second-order valence-corrected chi connectivity index (χ2v) is 10.3. The van der Waals surface area contributed by atoms with Gasteiger partial charge in [0.1, 0.15) is 5.82 Å². The van der Waals surface area contributed by atoms with Crippen molar-refractivity contribution in [3.8, 4) is 0 Å². The van der Waals surface area contributed by atoms with Gasteiger partial charge in [-0.2, -0.15) is 4.98 Å². The number of rotatable bonds is 10. The minimum absolute atomic E-state index is 0.0682. The number of hydrogen-bond acceptors (Lipinski definition) is 7. The first kappa shape index (κ1) is 23.9. The van der Waals surface area contributed by atoms with E-state index in [9.17, 15) is 13.2 Å². The third-order valence-electron chi connectivity index (χ3n) is 5.19. The summed E-state index contributed by atoms with van der Waals surface area (Å²) in [6.45, 7) is 4.53. The van der Waals surface area contributed by atoms with Crippen molar-refractivity contribution in [1.82, 2.24) is 29.3 Å². The number of fused-ring (bicyclic) bond motifs is 1.